The molecule has 0 unspecified atom stereocenters. The van der Waals surface area contributed by atoms with E-state index >= 15 is 0 Å². The minimum absolute atomic E-state index is 0.0160. The minimum atomic E-state index is -3.70. The normalized spacial score (nSPS) is 16.8. The molecule has 0 saturated heterocycles. The summed E-state index contributed by atoms with van der Waals surface area (Å²) in [6, 6.07) is -0.0313. The highest BCUT2D eigenvalue weighted by Crippen LogP contribution is 2.32. The van der Waals surface area contributed by atoms with Gasteiger partial charge in [0.15, 0.2) is 5.82 Å². The van der Waals surface area contributed by atoms with Crippen molar-refractivity contribution in [2.75, 3.05) is 18.9 Å². The van der Waals surface area contributed by atoms with Crippen molar-refractivity contribution in [2.45, 2.75) is 37.1 Å². The molecular formula is C11H20N4O3S. The molecule has 0 spiro atoms. The van der Waals surface area contributed by atoms with Gasteiger partial charge < -0.3 is 10.8 Å². The molecule has 0 radical (unpaired) electrons. The molecule has 1 aromatic rings. The largest absolute Gasteiger partial charge is 0.395 e. The lowest BCUT2D eigenvalue weighted by molar-refractivity contribution is 0.178. The zero-order chi connectivity index (χ0) is 14.2. The fraction of sp³-hybridized carbons (Fsp3) is 0.727. The van der Waals surface area contributed by atoms with Crippen LogP contribution in [0.4, 0.5) is 5.82 Å². The van der Waals surface area contributed by atoms with Crippen molar-refractivity contribution < 1.29 is 13.5 Å². The first-order chi connectivity index (χ1) is 8.89. The number of nitrogens with two attached hydrogens (primary N) is 1. The first-order valence-electron chi connectivity index (χ1n) is 6.31. The van der Waals surface area contributed by atoms with Gasteiger partial charge in [-0.25, -0.2) is 8.42 Å². The molecule has 0 aliphatic heterocycles. The number of nitrogens with zero attached hydrogens (tertiary/aromatic N) is 3. The van der Waals surface area contributed by atoms with Crippen LogP contribution in [-0.2, 0) is 17.1 Å². The van der Waals surface area contributed by atoms with Crippen LogP contribution in [-0.4, -0.2) is 46.8 Å². The van der Waals surface area contributed by atoms with E-state index in [1.54, 1.807) is 14.0 Å². The topological polar surface area (TPSA) is 101 Å². The summed E-state index contributed by atoms with van der Waals surface area (Å²) < 4.78 is 28.2. The number of nitrogen functional groups attached to an aromatic ring is 1. The predicted molar refractivity (Wildman–Crippen MR) is 71.0 cm³/mol. The zero-order valence-corrected chi connectivity index (χ0v) is 12.0. The Morgan fingerprint density at radius 1 is 1.53 bits per heavy atom. The highest BCUT2D eigenvalue weighted by atomic mass is 32.2. The molecule has 0 atom stereocenters. The Hall–Kier alpha value is -1.12. The summed E-state index contributed by atoms with van der Waals surface area (Å²) in [6.45, 7) is 1.57. The first kappa shape index (κ1) is 14.3. The minimum Gasteiger partial charge on any atom is -0.395 e. The molecule has 1 aliphatic rings. The average molecular weight is 288 g/mol. The van der Waals surface area contributed by atoms with Crippen molar-refractivity contribution in [1.82, 2.24) is 14.1 Å². The average Bonchev–Trinajstić information content (AvgIpc) is 2.50. The number of aliphatic hydroxyl groups is 1. The van der Waals surface area contributed by atoms with E-state index in [1.165, 1.54) is 8.99 Å². The van der Waals surface area contributed by atoms with Crippen molar-refractivity contribution in [3.05, 3.63) is 5.69 Å². The van der Waals surface area contributed by atoms with Crippen molar-refractivity contribution in [3.63, 3.8) is 0 Å². The summed E-state index contributed by atoms with van der Waals surface area (Å²) in [5.41, 5.74) is 6.24. The Kier molecular flexibility index (Phi) is 3.84. The maximum atomic E-state index is 12.7. The Balaban J connectivity index is 2.44. The third-order valence-corrected chi connectivity index (χ3v) is 5.79. The van der Waals surface area contributed by atoms with E-state index in [0.29, 0.717) is 5.69 Å². The Morgan fingerprint density at radius 3 is 2.53 bits per heavy atom. The van der Waals surface area contributed by atoms with Crippen molar-refractivity contribution in [2.24, 2.45) is 7.05 Å². The van der Waals surface area contributed by atoms with Gasteiger partial charge in [-0.1, -0.05) is 6.42 Å². The van der Waals surface area contributed by atoms with E-state index in [-0.39, 0.29) is 29.9 Å². The molecule has 1 aliphatic carbocycles. The molecule has 0 bridgehead atoms. The molecule has 1 aromatic heterocycles. The van der Waals surface area contributed by atoms with Crippen LogP contribution in [0.3, 0.4) is 0 Å². The molecule has 19 heavy (non-hydrogen) atoms. The van der Waals surface area contributed by atoms with Gasteiger partial charge in [-0.05, 0) is 19.8 Å². The number of aliphatic hydroxyl groups excluding tert-OH is 1. The molecule has 1 fully saturated rings. The van der Waals surface area contributed by atoms with Crippen molar-refractivity contribution in [3.8, 4) is 0 Å². The maximum absolute atomic E-state index is 12.7. The number of aryl methyl sites for hydroxylation is 1. The summed E-state index contributed by atoms with van der Waals surface area (Å²) in [5.74, 6) is 0.0160. The lowest BCUT2D eigenvalue weighted by atomic mass is 9.93. The van der Waals surface area contributed by atoms with Gasteiger partial charge in [-0.2, -0.15) is 9.40 Å². The van der Waals surface area contributed by atoms with Crippen LogP contribution in [0, 0.1) is 6.92 Å². The van der Waals surface area contributed by atoms with Gasteiger partial charge in [-0.3, -0.25) is 4.68 Å². The first-order valence-corrected chi connectivity index (χ1v) is 7.75. The fourth-order valence-electron chi connectivity index (χ4n) is 2.32. The molecule has 108 valence electrons. The maximum Gasteiger partial charge on any atom is 0.248 e. The van der Waals surface area contributed by atoms with E-state index in [9.17, 15) is 8.42 Å². The second kappa shape index (κ2) is 5.10. The number of anilines is 1. The smallest absolute Gasteiger partial charge is 0.248 e. The molecule has 3 N–H and O–H groups in total. The predicted octanol–water partition coefficient (Wildman–Crippen LogP) is -0.154. The number of hydrogen-bond acceptors (Lipinski definition) is 5. The van der Waals surface area contributed by atoms with Crippen LogP contribution < -0.4 is 5.73 Å². The molecule has 2 rings (SSSR count). The monoisotopic (exact) mass is 288 g/mol. The lowest BCUT2D eigenvalue weighted by Crippen LogP contribution is -2.45. The van der Waals surface area contributed by atoms with E-state index in [0.717, 1.165) is 19.3 Å². The Bertz CT molecular complexity index is 563. The fourth-order valence-corrected chi connectivity index (χ4v) is 4.29. The second-order valence-electron chi connectivity index (χ2n) is 4.85. The van der Waals surface area contributed by atoms with E-state index in [2.05, 4.69) is 5.10 Å². The third kappa shape index (κ3) is 2.35. The van der Waals surface area contributed by atoms with Gasteiger partial charge in [0.2, 0.25) is 10.0 Å². The zero-order valence-electron chi connectivity index (χ0n) is 11.2. The Labute approximate surface area is 113 Å². The van der Waals surface area contributed by atoms with Gasteiger partial charge in [0.05, 0.1) is 12.3 Å². The number of aromatic nitrogens is 2. The molecular weight excluding hydrogens is 268 g/mol. The summed E-state index contributed by atoms with van der Waals surface area (Å²) >= 11 is 0. The van der Waals surface area contributed by atoms with Gasteiger partial charge in [0.1, 0.15) is 4.90 Å². The lowest BCUT2D eigenvalue weighted by Gasteiger charge is -2.36. The van der Waals surface area contributed by atoms with Crippen LogP contribution in [0.25, 0.3) is 0 Å². The van der Waals surface area contributed by atoms with Crippen LogP contribution in [0.15, 0.2) is 4.90 Å². The molecule has 0 aromatic carbocycles. The third-order valence-electron chi connectivity index (χ3n) is 3.67. The van der Waals surface area contributed by atoms with E-state index < -0.39 is 10.0 Å². The summed E-state index contributed by atoms with van der Waals surface area (Å²) in [6.07, 6.45) is 2.68. The van der Waals surface area contributed by atoms with Crippen molar-refractivity contribution in [1.29, 1.82) is 0 Å². The number of hydrogen-bond donors (Lipinski definition) is 2. The summed E-state index contributed by atoms with van der Waals surface area (Å²) in [7, 11) is -2.04. The van der Waals surface area contributed by atoms with Gasteiger partial charge in [0.25, 0.3) is 0 Å². The van der Waals surface area contributed by atoms with Crippen molar-refractivity contribution >= 4 is 15.8 Å². The molecule has 8 heteroatoms. The second-order valence-corrected chi connectivity index (χ2v) is 6.67. The highest BCUT2D eigenvalue weighted by molar-refractivity contribution is 7.89. The number of sulfonamides is 1. The highest BCUT2D eigenvalue weighted by Gasteiger charge is 2.37. The van der Waals surface area contributed by atoms with E-state index in [4.69, 9.17) is 10.8 Å². The Morgan fingerprint density at radius 2 is 2.16 bits per heavy atom. The van der Waals surface area contributed by atoms with E-state index in [1.807, 2.05) is 0 Å². The number of rotatable bonds is 5. The summed E-state index contributed by atoms with van der Waals surface area (Å²) in [4.78, 5) is 0.0651. The molecule has 1 heterocycles. The molecule has 1 saturated carbocycles. The van der Waals surface area contributed by atoms with Crippen LogP contribution >= 0.6 is 0 Å². The standard InChI is InChI=1S/C11H20N4O3S/c1-8-10(11(12)13-14(8)2)19(17,18)15(6-7-16)9-4-3-5-9/h9,16H,3-7H2,1-2H3,(H2,12,13). The molecule has 7 nitrogen and oxygen atoms in total. The van der Waals surface area contributed by atoms with Crippen LogP contribution in [0.5, 0.6) is 0 Å². The SMILES string of the molecule is Cc1c(S(=O)(=O)N(CCO)C2CCC2)c(N)nn1C. The quantitative estimate of drug-likeness (QED) is 0.784. The van der Waals surface area contributed by atoms with Gasteiger partial charge >= 0.3 is 0 Å². The summed E-state index contributed by atoms with van der Waals surface area (Å²) in [5, 5.41) is 13.0. The molecule has 0 amide bonds. The van der Waals surface area contributed by atoms with Gasteiger partial charge in [0, 0.05) is 19.6 Å². The van der Waals surface area contributed by atoms with Gasteiger partial charge in [-0.15, -0.1) is 0 Å². The van der Waals surface area contributed by atoms with Crippen LogP contribution in [0.1, 0.15) is 25.0 Å². The van der Waals surface area contributed by atoms with Crippen LogP contribution in [0.2, 0.25) is 0 Å².